The second kappa shape index (κ2) is 3.52. The van der Waals surface area contributed by atoms with Gasteiger partial charge < -0.3 is 5.11 Å². The first-order valence-electron chi connectivity index (χ1n) is 5.91. The fraction of sp³-hybridized carbons (Fsp3) is 1.00. The molecule has 84 valence electrons. The van der Waals surface area contributed by atoms with Crippen molar-refractivity contribution in [3.05, 3.63) is 0 Å². The van der Waals surface area contributed by atoms with Gasteiger partial charge in [-0.2, -0.15) is 0 Å². The van der Waals surface area contributed by atoms with Crippen LogP contribution in [0, 0.1) is 23.2 Å². The van der Waals surface area contributed by atoms with Crippen LogP contribution < -0.4 is 0 Å². The lowest BCUT2D eigenvalue weighted by molar-refractivity contribution is -0.0598. The predicted molar refractivity (Wildman–Crippen MR) is 61.1 cm³/mol. The molecule has 0 spiro atoms. The molecule has 0 aliphatic heterocycles. The SMILES string of the molecule is CC(C)C(C)C1(O)CC(C)(C)CC1C. The van der Waals surface area contributed by atoms with Gasteiger partial charge in [-0.25, -0.2) is 0 Å². The molecule has 1 N–H and O–H groups in total. The number of aliphatic hydroxyl groups is 1. The fourth-order valence-electron chi connectivity index (χ4n) is 3.21. The average Bonchev–Trinajstić information content (AvgIpc) is 2.20. The normalized spacial score (nSPS) is 39.0. The number of hydrogen-bond acceptors (Lipinski definition) is 1. The van der Waals surface area contributed by atoms with E-state index in [1.54, 1.807) is 0 Å². The average molecular weight is 198 g/mol. The Morgan fingerprint density at radius 1 is 1.21 bits per heavy atom. The Labute approximate surface area is 88.9 Å². The Balaban J connectivity index is 2.85. The van der Waals surface area contributed by atoms with Crippen molar-refractivity contribution < 1.29 is 5.11 Å². The largest absolute Gasteiger partial charge is 0.389 e. The van der Waals surface area contributed by atoms with Crippen LogP contribution in [0.3, 0.4) is 0 Å². The van der Waals surface area contributed by atoms with Crippen molar-refractivity contribution >= 4 is 0 Å². The van der Waals surface area contributed by atoms with Crippen LogP contribution in [-0.4, -0.2) is 10.7 Å². The highest BCUT2D eigenvalue weighted by Crippen LogP contribution is 2.51. The Kier molecular flexibility index (Phi) is 3.02. The van der Waals surface area contributed by atoms with Crippen molar-refractivity contribution in [3.63, 3.8) is 0 Å². The zero-order valence-corrected chi connectivity index (χ0v) is 10.6. The van der Waals surface area contributed by atoms with Crippen LogP contribution >= 0.6 is 0 Å². The summed E-state index contributed by atoms with van der Waals surface area (Å²) in [6, 6.07) is 0. The minimum Gasteiger partial charge on any atom is -0.389 e. The second-order valence-electron chi connectivity index (χ2n) is 6.47. The fourth-order valence-corrected chi connectivity index (χ4v) is 3.21. The molecule has 1 fully saturated rings. The molecule has 0 aromatic heterocycles. The van der Waals surface area contributed by atoms with Crippen molar-refractivity contribution in [3.8, 4) is 0 Å². The molecule has 0 saturated heterocycles. The van der Waals surface area contributed by atoms with E-state index in [0.29, 0.717) is 23.2 Å². The highest BCUT2D eigenvalue weighted by molar-refractivity contribution is 5.01. The van der Waals surface area contributed by atoms with Crippen molar-refractivity contribution in [2.24, 2.45) is 23.2 Å². The van der Waals surface area contributed by atoms with E-state index in [0.717, 1.165) is 12.8 Å². The van der Waals surface area contributed by atoms with Crippen LogP contribution in [0.15, 0.2) is 0 Å². The summed E-state index contributed by atoms with van der Waals surface area (Å²) in [4.78, 5) is 0. The number of hydrogen-bond donors (Lipinski definition) is 1. The molecule has 1 aliphatic carbocycles. The maximum Gasteiger partial charge on any atom is 0.0706 e. The van der Waals surface area contributed by atoms with Crippen LogP contribution in [0.2, 0.25) is 0 Å². The van der Waals surface area contributed by atoms with Crippen molar-refractivity contribution in [2.45, 2.75) is 60.0 Å². The lowest BCUT2D eigenvalue weighted by Crippen LogP contribution is -2.41. The first-order chi connectivity index (χ1) is 6.19. The van der Waals surface area contributed by atoms with Gasteiger partial charge in [-0.3, -0.25) is 0 Å². The van der Waals surface area contributed by atoms with Gasteiger partial charge in [0.1, 0.15) is 0 Å². The Bertz CT molecular complexity index is 207. The highest BCUT2D eigenvalue weighted by atomic mass is 16.3. The molecular formula is C13H26O. The molecule has 0 heterocycles. The van der Waals surface area contributed by atoms with E-state index < -0.39 is 5.60 Å². The molecule has 0 bridgehead atoms. The topological polar surface area (TPSA) is 20.2 Å². The van der Waals surface area contributed by atoms with Gasteiger partial charge >= 0.3 is 0 Å². The van der Waals surface area contributed by atoms with Gasteiger partial charge in [0.15, 0.2) is 0 Å². The van der Waals surface area contributed by atoms with Gasteiger partial charge in [0.2, 0.25) is 0 Å². The third-order valence-corrected chi connectivity index (χ3v) is 4.26. The molecule has 1 heteroatoms. The summed E-state index contributed by atoms with van der Waals surface area (Å²) in [5, 5.41) is 10.7. The van der Waals surface area contributed by atoms with Gasteiger partial charge in [0.25, 0.3) is 0 Å². The van der Waals surface area contributed by atoms with E-state index in [9.17, 15) is 5.11 Å². The molecule has 1 rings (SSSR count). The van der Waals surface area contributed by atoms with Gasteiger partial charge in [0, 0.05) is 0 Å². The van der Waals surface area contributed by atoms with E-state index in [1.165, 1.54) is 0 Å². The lowest BCUT2D eigenvalue weighted by atomic mass is 9.74. The van der Waals surface area contributed by atoms with E-state index in [4.69, 9.17) is 0 Å². The Morgan fingerprint density at radius 3 is 2.00 bits per heavy atom. The summed E-state index contributed by atoms with van der Waals surface area (Å²) in [6.07, 6.45) is 2.11. The molecule has 0 aromatic rings. The predicted octanol–water partition coefficient (Wildman–Crippen LogP) is 3.47. The molecule has 3 atom stereocenters. The maximum absolute atomic E-state index is 10.7. The van der Waals surface area contributed by atoms with E-state index in [2.05, 4.69) is 41.5 Å². The van der Waals surface area contributed by atoms with E-state index in [1.807, 2.05) is 0 Å². The van der Waals surface area contributed by atoms with Crippen molar-refractivity contribution in [1.82, 2.24) is 0 Å². The molecule has 1 saturated carbocycles. The van der Waals surface area contributed by atoms with E-state index >= 15 is 0 Å². The quantitative estimate of drug-likeness (QED) is 0.720. The minimum atomic E-state index is -0.433. The molecule has 0 aromatic carbocycles. The summed E-state index contributed by atoms with van der Waals surface area (Å²) in [5.74, 6) is 1.41. The van der Waals surface area contributed by atoms with Gasteiger partial charge in [-0.05, 0) is 36.0 Å². The van der Waals surface area contributed by atoms with Crippen LogP contribution in [0.25, 0.3) is 0 Å². The molecular weight excluding hydrogens is 172 g/mol. The Morgan fingerprint density at radius 2 is 1.71 bits per heavy atom. The summed E-state index contributed by atoms with van der Waals surface area (Å²) in [7, 11) is 0. The summed E-state index contributed by atoms with van der Waals surface area (Å²) >= 11 is 0. The van der Waals surface area contributed by atoms with Crippen LogP contribution in [0.5, 0.6) is 0 Å². The van der Waals surface area contributed by atoms with Gasteiger partial charge in [-0.1, -0.05) is 41.5 Å². The summed E-state index contributed by atoms with van der Waals surface area (Å²) in [6.45, 7) is 13.4. The van der Waals surface area contributed by atoms with E-state index in [-0.39, 0.29) is 0 Å². The standard InChI is InChI=1S/C13H26O/c1-9(2)11(4)13(14)8-12(5,6)7-10(13)3/h9-11,14H,7-8H2,1-6H3. The molecule has 1 aliphatic rings. The highest BCUT2D eigenvalue weighted by Gasteiger charge is 2.50. The first-order valence-corrected chi connectivity index (χ1v) is 5.91. The third kappa shape index (κ3) is 1.98. The molecule has 0 radical (unpaired) electrons. The lowest BCUT2D eigenvalue weighted by Gasteiger charge is -2.37. The summed E-state index contributed by atoms with van der Waals surface area (Å²) in [5.41, 5.74) is -0.116. The zero-order valence-electron chi connectivity index (χ0n) is 10.6. The molecule has 1 nitrogen and oxygen atoms in total. The second-order valence-corrected chi connectivity index (χ2v) is 6.47. The van der Waals surface area contributed by atoms with Crippen LogP contribution in [0.1, 0.15) is 54.4 Å². The van der Waals surface area contributed by atoms with Crippen LogP contribution in [0.4, 0.5) is 0 Å². The monoisotopic (exact) mass is 198 g/mol. The first kappa shape index (κ1) is 12.0. The summed E-state index contributed by atoms with van der Waals surface area (Å²) < 4.78 is 0. The smallest absolute Gasteiger partial charge is 0.0706 e. The Hall–Kier alpha value is -0.0400. The van der Waals surface area contributed by atoms with Crippen molar-refractivity contribution in [2.75, 3.05) is 0 Å². The molecule has 3 unspecified atom stereocenters. The molecule has 0 amide bonds. The molecule has 14 heavy (non-hydrogen) atoms. The third-order valence-electron chi connectivity index (χ3n) is 4.26. The van der Waals surface area contributed by atoms with Crippen LogP contribution in [-0.2, 0) is 0 Å². The zero-order chi connectivity index (χ0) is 11.1. The van der Waals surface area contributed by atoms with Gasteiger partial charge in [0.05, 0.1) is 5.60 Å². The van der Waals surface area contributed by atoms with Crippen molar-refractivity contribution in [1.29, 1.82) is 0 Å². The minimum absolute atomic E-state index is 0.317. The number of rotatable bonds is 2. The van der Waals surface area contributed by atoms with Gasteiger partial charge in [-0.15, -0.1) is 0 Å². The maximum atomic E-state index is 10.7.